The van der Waals surface area contributed by atoms with Crippen molar-refractivity contribution >= 4 is 5.91 Å². The van der Waals surface area contributed by atoms with E-state index in [0.29, 0.717) is 18.9 Å². The van der Waals surface area contributed by atoms with Gasteiger partial charge in [0.15, 0.2) is 0 Å². The van der Waals surface area contributed by atoms with Gasteiger partial charge in [-0.25, -0.2) is 0 Å². The maximum absolute atomic E-state index is 12.0. The summed E-state index contributed by atoms with van der Waals surface area (Å²) >= 11 is 0. The van der Waals surface area contributed by atoms with Crippen molar-refractivity contribution in [2.75, 3.05) is 20.1 Å². The van der Waals surface area contributed by atoms with Crippen molar-refractivity contribution in [3.8, 4) is 0 Å². The van der Waals surface area contributed by atoms with Crippen molar-refractivity contribution in [1.29, 1.82) is 0 Å². The second kappa shape index (κ2) is 9.54. The highest BCUT2D eigenvalue weighted by Gasteiger charge is 2.10. The molecule has 20 heavy (non-hydrogen) atoms. The van der Waals surface area contributed by atoms with Gasteiger partial charge < -0.3 is 10.6 Å². The van der Waals surface area contributed by atoms with Crippen LogP contribution in [0.4, 0.5) is 0 Å². The molecule has 0 aliphatic heterocycles. The van der Waals surface area contributed by atoms with Gasteiger partial charge >= 0.3 is 0 Å². The second-order valence-electron chi connectivity index (χ2n) is 5.63. The van der Waals surface area contributed by atoms with Crippen LogP contribution in [-0.2, 0) is 11.2 Å². The molecule has 1 aromatic rings. The summed E-state index contributed by atoms with van der Waals surface area (Å²) in [7, 11) is 1.90. The molecule has 3 nitrogen and oxygen atoms in total. The fourth-order valence-corrected chi connectivity index (χ4v) is 2.28. The molecule has 0 aromatic heterocycles. The molecule has 0 saturated heterocycles. The zero-order valence-corrected chi connectivity index (χ0v) is 12.8. The quantitative estimate of drug-likeness (QED) is 0.754. The molecular weight excluding hydrogens is 248 g/mol. The molecule has 3 heteroatoms. The summed E-state index contributed by atoms with van der Waals surface area (Å²) < 4.78 is 0. The molecule has 112 valence electrons. The molecule has 1 unspecified atom stereocenters. The summed E-state index contributed by atoms with van der Waals surface area (Å²) in [6, 6.07) is 10.4. The Morgan fingerprint density at radius 1 is 1.25 bits per heavy atom. The highest BCUT2D eigenvalue weighted by molar-refractivity contribution is 5.75. The topological polar surface area (TPSA) is 46.3 Å². The Bertz CT molecular complexity index is 378. The standard InChI is InChI=1S/C17H28N2O/c1-15(12-13-18)10-11-17(20)19(2)14-6-9-16-7-4-3-5-8-16/h3-5,7-8,15H,6,9-14,18H2,1-2H3. The van der Waals surface area contributed by atoms with Gasteiger partial charge in [0.25, 0.3) is 0 Å². The first-order valence-corrected chi connectivity index (χ1v) is 7.61. The van der Waals surface area contributed by atoms with Crippen molar-refractivity contribution in [1.82, 2.24) is 4.90 Å². The maximum Gasteiger partial charge on any atom is 0.222 e. The Hall–Kier alpha value is -1.35. The number of nitrogens with two attached hydrogens (primary N) is 1. The van der Waals surface area contributed by atoms with Gasteiger partial charge in [-0.3, -0.25) is 4.79 Å². The molecular formula is C17H28N2O. The number of amides is 1. The summed E-state index contributed by atoms with van der Waals surface area (Å²) in [5.74, 6) is 0.795. The Kier molecular flexibility index (Phi) is 7.97. The van der Waals surface area contributed by atoms with Crippen molar-refractivity contribution < 1.29 is 4.79 Å². The molecule has 0 bridgehead atoms. The van der Waals surface area contributed by atoms with Crippen LogP contribution in [0, 0.1) is 5.92 Å². The van der Waals surface area contributed by atoms with Gasteiger partial charge in [-0.1, -0.05) is 37.3 Å². The minimum atomic E-state index is 0.252. The number of nitrogens with zero attached hydrogens (tertiary/aromatic N) is 1. The van der Waals surface area contributed by atoms with Crippen LogP contribution in [0.1, 0.15) is 38.2 Å². The lowest BCUT2D eigenvalue weighted by atomic mass is 10.0. The lowest BCUT2D eigenvalue weighted by Gasteiger charge is -2.18. The minimum Gasteiger partial charge on any atom is -0.346 e. The zero-order valence-electron chi connectivity index (χ0n) is 12.8. The van der Waals surface area contributed by atoms with Gasteiger partial charge in [0.05, 0.1) is 0 Å². The van der Waals surface area contributed by atoms with E-state index in [-0.39, 0.29) is 5.91 Å². The number of aryl methyl sites for hydroxylation is 1. The van der Waals surface area contributed by atoms with Crippen molar-refractivity contribution in [3.05, 3.63) is 35.9 Å². The van der Waals surface area contributed by atoms with E-state index in [0.717, 1.165) is 32.2 Å². The van der Waals surface area contributed by atoms with Crippen molar-refractivity contribution in [2.45, 2.75) is 39.0 Å². The van der Waals surface area contributed by atoms with E-state index in [2.05, 4.69) is 31.2 Å². The smallest absolute Gasteiger partial charge is 0.222 e. The highest BCUT2D eigenvalue weighted by atomic mass is 16.2. The predicted octanol–water partition coefficient (Wildman–Crippen LogP) is 2.84. The molecule has 0 spiro atoms. The van der Waals surface area contributed by atoms with Gasteiger partial charge in [0, 0.05) is 20.0 Å². The van der Waals surface area contributed by atoms with E-state index in [1.807, 2.05) is 18.0 Å². The number of benzene rings is 1. The molecule has 0 aliphatic rings. The molecule has 1 atom stereocenters. The molecule has 0 radical (unpaired) electrons. The van der Waals surface area contributed by atoms with Crippen LogP contribution in [-0.4, -0.2) is 30.9 Å². The van der Waals surface area contributed by atoms with Crippen LogP contribution in [0.15, 0.2) is 30.3 Å². The van der Waals surface area contributed by atoms with E-state index in [1.54, 1.807) is 0 Å². The normalized spacial score (nSPS) is 12.2. The molecule has 0 fully saturated rings. The summed E-state index contributed by atoms with van der Waals surface area (Å²) in [6.07, 6.45) is 4.64. The first-order chi connectivity index (χ1) is 9.63. The lowest BCUT2D eigenvalue weighted by Crippen LogP contribution is -2.28. The van der Waals surface area contributed by atoms with Crippen molar-refractivity contribution in [3.63, 3.8) is 0 Å². The predicted molar refractivity (Wildman–Crippen MR) is 84.5 cm³/mol. The Labute approximate surface area is 123 Å². The molecule has 1 amide bonds. The average molecular weight is 276 g/mol. The third kappa shape index (κ3) is 6.71. The number of carbonyl (C=O) groups excluding carboxylic acids is 1. The molecule has 0 heterocycles. The monoisotopic (exact) mass is 276 g/mol. The van der Waals surface area contributed by atoms with E-state index in [9.17, 15) is 4.79 Å². The van der Waals surface area contributed by atoms with Gasteiger partial charge in [-0.05, 0) is 43.7 Å². The number of carbonyl (C=O) groups is 1. The molecule has 1 aromatic carbocycles. The van der Waals surface area contributed by atoms with Crippen LogP contribution in [0.2, 0.25) is 0 Å². The van der Waals surface area contributed by atoms with Gasteiger partial charge in [0.1, 0.15) is 0 Å². The summed E-state index contributed by atoms with van der Waals surface area (Å²) in [5, 5.41) is 0. The van der Waals surface area contributed by atoms with E-state index in [4.69, 9.17) is 5.73 Å². The Morgan fingerprint density at radius 3 is 2.60 bits per heavy atom. The van der Waals surface area contributed by atoms with Crippen molar-refractivity contribution in [2.24, 2.45) is 11.7 Å². The van der Waals surface area contributed by atoms with E-state index >= 15 is 0 Å². The summed E-state index contributed by atoms with van der Waals surface area (Å²) in [4.78, 5) is 13.8. The van der Waals surface area contributed by atoms with Crippen LogP contribution < -0.4 is 5.73 Å². The number of hydrogen-bond acceptors (Lipinski definition) is 2. The minimum absolute atomic E-state index is 0.252. The van der Waals surface area contributed by atoms with Gasteiger partial charge in [-0.15, -0.1) is 0 Å². The molecule has 2 N–H and O–H groups in total. The fraction of sp³-hybridized carbons (Fsp3) is 0.588. The van der Waals surface area contributed by atoms with E-state index < -0.39 is 0 Å². The third-order valence-corrected chi connectivity index (χ3v) is 3.74. The third-order valence-electron chi connectivity index (χ3n) is 3.74. The molecule has 1 rings (SSSR count). The SMILES string of the molecule is CC(CCN)CCC(=O)N(C)CCCc1ccccc1. The largest absolute Gasteiger partial charge is 0.346 e. The molecule has 0 aliphatic carbocycles. The summed E-state index contributed by atoms with van der Waals surface area (Å²) in [6.45, 7) is 3.71. The van der Waals surface area contributed by atoms with Gasteiger partial charge in [-0.2, -0.15) is 0 Å². The van der Waals surface area contributed by atoms with Crippen LogP contribution in [0.5, 0.6) is 0 Å². The van der Waals surface area contributed by atoms with Gasteiger partial charge in [0.2, 0.25) is 5.91 Å². The first-order valence-electron chi connectivity index (χ1n) is 7.61. The van der Waals surface area contributed by atoms with E-state index in [1.165, 1.54) is 5.56 Å². The highest BCUT2D eigenvalue weighted by Crippen LogP contribution is 2.10. The van der Waals surface area contributed by atoms with Crippen LogP contribution in [0.25, 0.3) is 0 Å². The average Bonchev–Trinajstić information content (AvgIpc) is 2.46. The lowest BCUT2D eigenvalue weighted by molar-refractivity contribution is -0.130. The maximum atomic E-state index is 12.0. The number of hydrogen-bond donors (Lipinski definition) is 1. The summed E-state index contributed by atoms with van der Waals surface area (Å²) in [5.41, 5.74) is 6.86. The van der Waals surface area contributed by atoms with Crippen LogP contribution >= 0.6 is 0 Å². The number of rotatable bonds is 9. The molecule has 0 saturated carbocycles. The van der Waals surface area contributed by atoms with Crippen LogP contribution in [0.3, 0.4) is 0 Å². The second-order valence-corrected chi connectivity index (χ2v) is 5.63. The Balaban J connectivity index is 2.18. The first kappa shape index (κ1) is 16.7. The Morgan fingerprint density at radius 2 is 1.95 bits per heavy atom. The zero-order chi connectivity index (χ0) is 14.8. The fourth-order valence-electron chi connectivity index (χ4n) is 2.28.